The smallest absolute Gasteiger partial charge is 0.245 e. The van der Waals surface area contributed by atoms with Crippen LogP contribution in [-0.2, 0) is 16.0 Å². The molecule has 0 aliphatic carbocycles. The molecule has 1 unspecified atom stereocenters. The highest BCUT2D eigenvalue weighted by atomic mass is 16.2. The fourth-order valence-corrected chi connectivity index (χ4v) is 2.87. The number of amides is 2. The van der Waals surface area contributed by atoms with Crippen molar-refractivity contribution in [3.05, 3.63) is 35.9 Å². The molecule has 1 atom stereocenters. The third kappa shape index (κ3) is 5.08. The van der Waals surface area contributed by atoms with Gasteiger partial charge >= 0.3 is 0 Å². The third-order valence-corrected chi connectivity index (χ3v) is 4.66. The molecule has 1 fully saturated rings. The monoisotopic (exact) mass is 330 g/mol. The minimum absolute atomic E-state index is 0.0448. The maximum absolute atomic E-state index is 13.0. The SMILES string of the molecule is CC1CCN(C(=O)C(Cc2ccccc2)NC(=O)C(C)(C)C)CC1. The number of carbonyl (C=O) groups is 2. The summed E-state index contributed by atoms with van der Waals surface area (Å²) >= 11 is 0. The van der Waals surface area contributed by atoms with E-state index < -0.39 is 11.5 Å². The normalized spacial score (nSPS) is 17.4. The molecule has 2 amide bonds. The molecule has 0 aromatic heterocycles. The van der Waals surface area contributed by atoms with Gasteiger partial charge in [-0.2, -0.15) is 0 Å². The maximum atomic E-state index is 13.0. The molecule has 2 rings (SSSR count). The summed E-state index contributed by atoms with van der Waals surface area (Å²) in [6, 6.07) is 9.40. The van der Waals surface area contributed by atoms with Crippen molar-refractivity contribution in [2.75, 3.05) is 13.1 Å². The topological polar surface area (TPSA) is 49.4 Å². The molecular weight excluding hydrogens is 300 g/mol. The number of nitrogens with zero attached hydrogens (tertiary/aromatic N) is 1. The zero-order chi connectivity index (χ0) is 17.7. The first-order valence-corrected chi connectivity index (χ1v) is 8.91. The first-order chi connectivity index (χ1) is 11.3. The van der Waals surface area contributed by atoms with Gasteiger partial charge in [0.15, 0.2) is 0 Å². The van der Waals surface area contributed by atoms with Gasteiger partial charge in [0.1, 0.15) is 6.04 Å². The number of hydrogen-bond acceptors (Lipinski definition) is 2. The van der Waals surface area contributed by atoms with Crippen molar-refractivity contribution in [2.45, 2.75) is 53.0 Å². The average Bonchev–Trinajstić information content (AvgIpc) is 2.54. The highest BCUT2D eigenvalue weighted by Gasteiger charge is 2.31. The summed E-state index contributed by atoms with van der Waals surface area (Å²) < 4.78 is 0. The van der Waals surface area contributed by atoms with Crippen LogP contribution in [0.3, 0.4) is 0 Å². The van der Waals surface area contributed by atoms with Crippen LogP contribution in [0, 0.1) is 11.3 Å². The van der Waals surface area contributed by atoms with Crippen molar-refractivity contribution in [1.29, 1.82) is 0 Å². The van der Waals surface area contributed by atoms with E-state index in [-0.39, 0.29) is 11.8 Å². The molecule has 0 saturated carbocycles. The molecule has 1 N–H and O–H groups in total. The van der Waals surface area contributed by atoms with E-state index >= 15 is 0 Å². The predicted molar refractivity (Wildman–Crippen MR) is 96.5 cm³/mol. The van der Waals surface area contributed by atoms with Gasteiger partial charge in [0.2, 0.25) is 11.8 Å². The van der Waals surface area contributed by atoms with E-state index in [0.717, 1.165) is 31.5 Å². The van der Waals surface area contributed by atoms with Crippen LogP contribution in [0.4, 0.5) is 0 Å². The minimum Gasteiger partial charge on any atom is -0.344 e. The summed E-state index contributed by atoms with van der Waals surface area (Å²) in [6.07, 6.45) is 2.61. The molecule has 0 spiro atoms. The van der Waals surface area contributed by atoms with Crippen LogP contribution >= 0.6 is 0 Å². The first-order valence-electron chi connectivity index (χ1n) is 8.91. The summed E-state index contributed by atoms with van der Waals surface area (Å²) in [7, 11) is 0. The number of benzene rings is 1. The van der Waals surface area contributed by atoms with Crippen LogP contribution in [0.15, 0.2) is 30.3 Å². The van der Waals surface area contributed by atoms with Crippen LogP contribution in [0.25, 0.3) is 0 Å². The van der Waals surface area contributed by atoms with Gasteiger partial charge in [0.05, 0.1) is 0 Å². The largest absolute Gasteiger partial charge is 0.344 e. The minimum atomic E-state index is -0.508. The highest BCUT2D eigenvalue weighted by molar-refractivity contribution is 5.89. The van der Waals surface area contributed by atoms with E-state index in [0.29, 0.717) is 12.3 Å². The first kappa shape index (κ1) is 18.5. The molecule has 4 nitrogen and oxygen atoms in total. The molecule has 132 valence electrons. The van der Waals surface area contributed by atoms with E-state index in [9.17, 15) is 9.59 Å². The van der Waals surface area contributed by atoms with Crippen LogP contribution in [-0.4, -0.2) is 35.8 Å². The summed E-state index contributed by atoms with van der Waals surface area (Å²) in [4.78, 5) is 27.3. The number of likely N-dealkylation sites (tertiary alicyclic amines) is 1. The maximum Gasteiger partial charge on any atom is 0.245 e. The fourth-order valence-electron chi connectivity index (χ4n) is 2.87. The van der Waals surface area contributed by atoms with Gasteiger partial charge in [-0.15, -0.1) is 0 Å². The lowest BCUT2D eigenvalue weighted by Gasteiger charge is -2.34. The number of carbonyl (C=O) groups excluding carboxylic acids is 2. The van der Waals surface area contributed by atoms with Crippen LogP contribution in [0.5, 0.6) is 0 Å². The highest BCUT2D eigenvalue weighted by Crippen LogP contribution is 2.19. The summed E-state index contributed by atoms with van der Waals surface area (Å²) in [5.41, 5.74) is 0.557. The lowest BCUT2D eigenvalue weighted by atomic mass is 9.93. The van der Waals surface area contributed by atoms with Gasteiger partial charge in [-0.25, -0.2) is 0 Å². The quantitative estimate of drug-likeness (QED) is 0.922. The molecule has 1 saturated heterocycles. The summed E-state index contributed by atoms with van der Waals surface area (Å²) in [5.74, 6) is 0.635. The van der Waals surface area contributed by atoms with E-state index in [1.807, 2.05) is 56.0 Å². The number of piperidine rings is 1. The Morgan fingerprint density at radius 1 is 1.17 bits per heavy atom. The zero-order valence-electron chi connectivity index (χ0n) is 15.3. The molecule has 1 aromatic carbocycles. The van der Waals surface area contributed by atoms with Crippen molar-refractivity contribution >= 4 is 11.8 Å². The Kier molecular flexibility index (Phi) is 6.03. The van der Waals surface area contributed by atoms with Gasteiger partial charge in [0, 0.05) is 24.9 Å². The van der Waals surface area contributed by atoms with Crippen molar-refractivity contribution in [3.8, 4) is 0 Å². The van der Waals surface area contributed by atoms with E-state index in [1.165, 1.54) is 0 Å². The standard InChI is InChI=1S/C20H30N2O2/c1-15-10-12-22(13-11-15)18(23)17(21-19(24)20(2,3)4)14-16-8-6-5-7-9-16/h5-9,15,17H,10-14H2,1-4H3,(H,21,24). The molecule has 1 aliphatic heterocycles. The van der Waals surface area contributed by atoms with Crippen LogP contribution < -0.4 is 5.32 Å². The van der Waals surface area contributed by atoms with Crippen molar-refractivity contribution in [1.82, 2.24) is 10.2 Å². The predicted octanol–water partition coefficient (Wildman–Crippen LogP) is 3.02. The van der Waals surface area contributed by atoms with Gasteiger partial charge in [-0.1, -0.05) is 58.0 Å². The van der Waals surface area contributed by atoms with Gasteiger partial charge in [0.25, 0.3) is 0 Å². The fraction of sp³-hybridized carbons (Fsp3) is 0.600. The molecule has 0 bridgehead atoms. The zero-order valence-corrected chi connectivity index (χ0v) is 15.3. The third-order valence-electron chi connectivity index (χ3n) is 4.66. The number of hydrogen-bond donors (Lipinski definition) is 1. The van der Waals surface area contributed by atoms with E-state index in [2.05, 4.69) is 12.2 Å². The molecule has 1 aliphatic rings. The Morgan fingerprint density at radius 3 is 2.29 bits per heavy atom. The molecular formula is C20H30N2O2. The van der Waals surface area contributed by atoms with Gasteiger partial charge in [-0.05, 0) is 24.3 Å². The average molecular weight is 330 g/mol. The number of nitrogens with one attached hydrogen (secondary N) is 1. The summed E-state index contributed by atoms with van der Waals surface area (Å²) in [5, 5.41) is 2.98. The van der Waals surface area contributed by atoms with Gasteiger partial charge in [-0.3, -0.25) is 9.59 Å². The molecule has 1 heterocycles. The second-order valence-corrected chi connectivity index (χ2v) is 7.97. The molecule has 1 aromatic rings. The van der Waals surface area contributed by atoms with Crippen molar-refractivity contribution in [2.24, 2.45) is 11.3 Å². The van der Waals surface area contributed by atoms with Crippen molar-refractivity contribution in [3.63, 3.8) is 0 Å². The Balaban J connectivity index is 2.12. The Hall–Kier alpha value is -1.84. The Bertz CT molecular complexity index is 555. The molecule has 4 heteroatoms. The molecule has 24 heavy (non-hydrogen) atoms. The van der Waals surface area contributed by atoms with Crippen molar-refractivity contribution < 1.29 is 9.59 Å². The second kappa shape index (κ2) is 7.82. The lowest BCUT2D eigenvalue weighted by molar-refractivity contribution is -0.139. The Morgan fingerprint density at radius 2 is 1.75 bits per heavy atom. The van der Waals surface area contributed by atoms with E-state index in [4.69, 9.17) is 0 Å². The van der Waals surface area contributed by atoms with Gasteiger partial charge < -0.3 is 10.2 Å². The summed E-state index contributed by atoms with van der Waals surface area (Å²) in [6.45, 7) is 9.41. The number of rotatable bonds is 4. The van der Waals surface area contributed by atoms with Crippen LogP contribution in [0.1, 0.15) is 46.1 Å². The van der Waals surface area contributed by atoms with Crippen LogP contribution in [0.2, 0.25) is 0 Å². The molecule has 0 radical (unpaired) electrons. The second-order valence-electron chi connectivity index (χ2n) is 7.97. The van der Waals surface area contributed by atoms with E-state index in [1.54, 1.807) is 0 Å². The Labute approximate surface area is 145 Å². The lowest BCUT2D eigenvalue weighted by Crippen LogP contribution is -2.53.